The van der Waals surface area contributed by atoms with Gasteiger partial charge in [-0.05, 0) is 39.4 Å². The molecule has 0 radical (unpaired) electrons. The van der Waals surface area contributed by atoms with Crippen molar-refractivity contribution < 1.29 is 5.11 Å². The molecule has 18 heavy (non-hydrogen) atoms. The summed E-state index contributed by atoms with van der Waals surface area (Å²) in [6, 6.07) is 9.42. The van der Waals surface area contributed by atoms with E-state index in [4.69, 9.17) is 0 Å². The number of aryl methyl sites for hydroxylation is 1. The van der Waals surface area contributed by atoms with Crippen LogP contribution in [-0.2, 0) is 0 Å². The van der Waals surface area contributed by atoms with Gasteiger partial charge in [-0.1, -0.05) is 17.7 Å². The van der Waals surface area contributed by atoms with Crippen LogP contribution in [0, 0.1) is 6.92 Å². The molecule has 1 aliphatic rings. The molecule has 3 heteroatoms. The highest BCUT2D eigenvalue weighted by Crippen LogP contribution is 2.21. The van der Waals surface area contributed by atoms with Crippen molar-refractivity contribution in [1.82, 2.24) is 4.90 Å². The largest absolute Gasteiger partial charge is 0.395 e. The first-order valence-electron chi connectivity index (χ1n) is 6.76. The lowest BCUT2D eigenvalue weighted by atomic mass is 10.2. The summed E-state index contributed by atoms with van der Waals surface area (Å²) in [6.45, 7) is 6.54. The lowest BCUT2D eigenvalue weighted by Crippen LogP contribution is -2.44. The number of aliphatic hydroxyl groups excluding tert-OH is 1. The van der Waals surface area contributed by atoms with Gasteiger partial charge in [0.25, 0.3) is 0 Å². The fraction of sp³-hybridized carbons (Fsp3) is 0.600. The number of benzene rings is 1. The van der Waals surface area contributed by atoms with Crippen molar-refractivity contribution in [2.45, 2.75) is 32.4 Å². The standard InChI is InChI=1S/C15H24N2O/c1-12-4-6-14(7-5-12)17-9-8-13(2)16(3)15(10-17)11-18/h4-7,13,15,18H,8-11H2,1-3H3. The van der Waals surface area contributed by atoms with Gasteiger partial charge in [-0.25, -0.2) is 0 Å². The number of nitrogens with zero attached hydrogens (tertiary/aromatic N) is 2. The molecule has 1 aliphatic heterocycles. The lowest BCUT2D eigenvalue weighted by Gasteiger charge is -2.30. The summed E-state index contributed by atoms with van der Waals surface area (Å²) in [7, 11) is 2.12. The second kappa shape index (κ2) is 5.72. The second-order valence-electron chi connectivity index (χ2n) is 5.42. The number of anilines is 1. The van der Waals surface area contributed by atoms with Crippen molar-refractivity contribution in [1.29, 1.82) is 0 Å². The average molecular weight is 248 g/mol. The van der Waals surface area contributed by atoms with Gasteiger partial charge < -0.3 is 10.0 Å². The maximum atomic E-state index is 9.54. The third kappa shape index (κ3) is 2.85. The van der Waals surface area contributed by atoms with Crippen LogP contribution in [-0.4, -0.2) is 48.8 Å². The van der Waals surface area contributed by atoms with Gasteiger partial charge in [-0.2, -0.15) is 0 Å². The van der Waals surface area contributed by atoms with Crippen LogP contribution in [0.15, 0.2) is 24.3 Å². The maximum Gasteiger partial charge on any atom is 0.0604 e. The Morgan fingerprint density at radius 1 is 1.28 bits per heavy atom. The summed E-state index contributed by atoms with van der Waals surface area (Å²) in [6.07, 6.45) is 1.14. The molecule has 2 atom stereocenters. The van der Waals surface area contributed by atoms with Crippen LogP contribution < -0.4 is 4.90 Å². The SMILES string of the molecule is Cc1ccc(N2CCC(C)N(C)C(CO)C2)cc1. The van der Waals surface area contributed by atoms with Gasteiger partial charge >= 0.3 is 0 Å². The molecule has 1 heterocycles. The number of rotatable bonds is 2. The Morgan fingerprint density at radius 2 is 1.94 bits per heavy atom. The summed E-state index contributed by atoms with van der Waals surface area (Å²) in [5.41, 5.74) is 2.55. The summed E-state index contributed by atoms with van der Waals surface area (Å²) in [5, 5.41) is 9.54. The Kier molecular flexibility index (Phi) is 4.25. The van der Waals surface area contributed by atoms with Gasteiger partial charge in [-0.15, -0.1) is 0 Å². The minimum Gasteiger partial charge on any atom is -0.395 e. The van der Waals surface area contributed by atoms with Crippen LogP contribution in [0.4, 0.5) is 5.69 Å². The minimum atomic E-state index is 0.225. The molecule has 1 aromatic carbocycles. The molecular weight excluding hydrogens is 224 g/mol. The minimum absolute atomic E-state index is 0.225. The molecule has 0 aliphatic carbocycles. The van der Waals surface area contributed by atoms with E-state index in [9.17, 15) is 5.11 Å². The third-order valence-corrected chi connectivity index (χ3v) is 4.13. The average Bonchev–Trinajstić information content (AvgIpc) is 2.52. The summed E-state index contributed by atoms with van der Waals surface area (Å²) >= 11 is 0. The second-order valence-corrected chi connectivity index (χ2v) is 5.42. The zero-order valence-electron chi connectivity index (χ0n) is 11.6. The maximum absolute atomic E-state index is 9.54. The molecule has 2 unspecified atom stereocenters. The van der Waals surface area contributed by atoms with E-state index in [2.05, 4.69) is 55.0 Å². The molecule has 0 bridgehead atoms. The Balaban J connectivity index is 2.16. The van der Waals surface area contributed by atoms with Crippen molar-refractivity contribution in [2.75, 3.05) is 31.6 Å². The Bertz CT molecular complexity index is 377. The first-order valence-corrected chi connectivity index (χ1v) is 6.76. The van der Waals surface area contributed by atoms with Gasteiger partial charge in [0.2, 0.25) is 0 Å². The molecule has 2 rings (SSSR count). The number of likely N-dealkylation sites (N-methyl/N-ethyl adjacent to an activating group) is 1. The van der Waals surface area contributed by atoms with Gasteiger partial charge in [-0.3, -0.25) is 4.90 Å². The van der Waals surface area contributed by atoms with Crippen LogP contribution in [0.1, 0.15) is 18.9 Å². The number of aliphatic hydroxyl groups is 1. The Labute approximate surface area is 110 Å². The molecule has 100 valence electrons. The smallest absolute Gasteiger partial charge is 0.0604 e. The van der Waals surface area contributed by atoms with Gasteiger partial charge in [0.15, 0.2) is 0 Å². The molecule has 1 fully saturated rings. The van der Waals surface area contributed by atoms with E-state index in [0.717, 1.165) is 19.5 Å². The first-order chi connectivity index (χ1) is 8.61. The van der Waals surface area contributed by atoms with Crippen molar-refractivity contribution >= 4 is 5.69 Å². The zero-order chi connectivity index (χ0) is 13.1. The van der Waals surface area contributed by atoms with Gasteiger partial charge in [0.1, 0.15) is 0 Å². The summed E-state index contributed by atoms with van der Waals surface area (Å²) in [4.78, 5) is 4.69. The van der Waals surface area contributed by atoms with Crippen molar-refractivity contribution in [3.63, 3.8) is 0 Å². The first kappa shape index (κ1) is 13.4. The molecule has 0 saturated carbocycles. The molecule has 1 aromatic rings. The van der Waals surface area contributed by atoms with Gasteiger partial charge in [0, 0.05) is 24.8 Å². The quantitative estimate of drug-likeness (QED) is 0.866. The van der Waals surface area contributed by atoms with Crippen molar-refractivity contribution in [2.24, 2.45) is 0 Å². The molecule has 1 saturated heterocycles. The topological polar surface area (TPSA) is 26.7 Å². The van der Waals surface area contributed by atoms with E-state index in [1.165, 1.54) is 11.3 Å². The normalized spacial score (nSPS) is 26.1. The van der Waals surface area contributed by atoms with E-state index in [1.54, 1.807) is 0 Å². The van der Waals surface area contributed by atoms with Crippen molar-refractivity contribution in [3.8, 4) is 0 Å². The highest BCUT2D eigenvalue weighted by Gasteiger charge is 2.26. The van der Waals surface area contributed by atoms with Crippen molar-refractivity contribution in [3.05, 3.63) is 29.8 Å². The molecule has 0 amide bonds. The summed E-state index contributed by atoms with van der Waals surface area (Å²) < 4.78 is 0. The lowest BCUT2D eigenvalue weighted by molar-refractivity contribution is 0.127. The van der Waals surface area contributed by atoms with Gasteiger partial charge in [0.05, 0.1) is 12.6 Å². The number of hydrogen-bond donors (Lipinski definition) is 1. The van der Waals surface area contributed by atoms with E-state index < -0.39 is 0 Å². The molecular formula is C15H24N2O. The monoisotopic (exact) mass is 248 g/mol. The van der Waals surface area contributed by atoms with Crippen LogP contribution in [0.3, 0.4) is 0 Å². The van der Waals surface area contributed by atoms with E-state index in [-0.39, 0.29) is 12.6 Å². The van der Waals surface area contributed by atoms with E-state index in [1.807, 2.05) is 0 Å². The highest BCUT2D eigenvalue weighted by molar-refractivity contribution is 5.47. The Morgan fingerprint density at radius 3 is 2.56 bits per heavy atom. The highest BCUT2D eigenvalue weighted by atomic mass is 16.3. The molecule has 1 N–H and O–H groups in total. The number of hydrogen-bond acceptors (Lipinski definition) is 3. The van der Waals surface area contributed by atoms with Crippen LogP contribution >= 0.6 is 0 Å². The molecule has 0 aromatic heterocycles. The molecule has 0 spiro atoms. The predicted molar refractivity (Wildman–Crippen MR) is 76.1 cm³/mol. The Hall–Kier alpha value is -1.06. The molecule has 3 nitrogen and oxygen atoms in total. The van der Waals surface area contributed by atoms with Crippen LogP contribution in [0.25, 0.3) is 0 Å². The predicted octanol–water partition coefficient (Wildman–Crippen LogP) is 1.89. The fourth-order valence-electron chi connectivity index (χ4n) is 2.56. The summed E-state index contributed by atoms with van der Waals surface area (Å²) in [5.74, 6) is 0. The zero-order valence-corrected chi connectivity index (χ0v) is 11.6. The van der Waals surface area contributed by atoms with E-state index in [0.29, 0.717) is 6.04 Å². The fourth-order valence-corrected chi connectivity index (χ4v) is 2.56. The van der Waals surface area contributed by atoms with E-state index >= 15 is 0 Å². The third-order valence-electron chi connectivity index (χ3n) is 4.13. The van der Waals surface area contributed by atoms with Crippen LogP contribution in [0.2, 0.25) is 0 Å². The van der Waals surface area contributed by atoms with Crippen LogP contribution in [0.5, 0.6) is 0 Å².